The van der Waals surface area contributed by atoms with E-state index in [1.165, 1.54) is 5.56 Å². The van der Waals surface area contributed by atoms with E-state index in [4.69, 9.17) is 4.74 Å². The Morgan fingerprint density at radius 3 is 2.79 bits per heavy atom. The first-order chi connectivity index (χ1) is 6.81. The normalized spacial score (nSPS) is 10.1. The van der Waals surface area contributed by atoms with Crippen molar-refractivity contribution < 1.29 is 4.74 Å². The third-order valence-corrected chi connectivity index (χ3v) is 2.19. The van der Waals surface area contributed by atoms with E-state index in [0.717, 1.165) is 11.4 Å². The summed E-state index contributed by atoms with van der Waals surface area (Å²) in [5.41, 5.74) is 2.30. The van der Waals surface area contributed by atoms with Crippen molar-refractivity contribution in [3.63, 3.8) is 0 Å². The summed E-state index contributed by atoms with van der Waals surface area (Å²) in [5.74, 6) is 0.881. The molecule has 0 fully saturated rings. The first kappa shape index (κ1) is 8.81. The summed E-state index contributed by atoms with van der Waals surface area (Å²) in [4.78, 5) is 4.01. The lowest BCUT2D eigenvalue weighted by molar-refractivity contribution is 0.414. The van der Waals surface area contributed by atoms with Crippen molar-refractivity contribution in [3.8, 4) is 11.4 Å². The van der Waals surface area contributed by atoms with Gasteiger partial charge in [0.1, 0.15) is 5.75 Å². The van der Waals surface area contributed by atoms with E-state index < -0.39 is 0 Å². The molecule has 0 unspecified atom stereocenters. The van der Waals surface area contributed by atoms with Gasteiger partial charge in [-0.2, -0.15) is 0 Å². The summed E-state index contributed by atoms with van der Waals surface area (Å²) in [6, 6.07) is 5.98. The molecule has 2 aromatic rings. The van der Waals surface area contributed by atoms with Gasteiger partial charge >= 0.3 is 0 Å². The van der Waals surface area contributed by atoms with Crippen LogP contribution in [0.4, 0.5) is 0 Å². The molecule has 0 radical (unpaired) electrons. The van der Waals surface area contributed by atoms with Crippen LogP contribution >= 0.6 is 0 Å². The number of aryl methyl sites for hydroxylation is 1. The van der Waals surface area contributed by atoms with Crippen LogP contribution in [0.2, 0.25) is 0 Å². The number of benzene rings is 1. The lowest BCUT2D eigenvalue weighted by atomic mass is 10.2. The molecular weight excluding hydrogens is 176 g/mol. The molecule has 0 amide bonds. The Kier molecular flexibility index (Phi) is 2.23. The van der Waals surface area contributed by atoms with Gasteiger partial charge in [0.25, 0.3) is 0 Å². The summed E-state index contributed by atoms with van der Waals surface area (Å²) in [6.45, 7) is 2.05. The van der Waals surface area contributed by atoms with Gasteiger partial charge in [0.2, 0.25) is 0 Å². The topological polar surface area (TPSA) is 27.1 Å². The summed E-state index contributed by atoms with van der Waals surface area (Å²) >= 11 is 0. The average Bonchev–Trinajstić information content (AvgIpc) is 2.70. The van der Waals surface area contributed by atoms with Crippen molar-refractivity contribution in [1.82, 2.24) is 9.55 Å². The number of imidazole rings is 1. The van der Waals surface area contributed by atoms with E-state index in [9.17, 15) is 0 Å². The number of rotatable bonds is 2. The number of nitrogens with zero attached hydrogens (tertiary/aromatic N) is 2. The minimum absolute atomic E-state index is 0.881. The zero-order valence-electron chi connectivity index (χ0n) is 8.27. The van der Waals surface area contributed by atoms with Crippen LogP contribution in [-0.2, 0) is 0 Å². The molecule has 72 valence electrons. The fourth-order valence-electron chi connectivity index (χ4n) is 1.45. The highest BCUT2D eigenvalue weighted by Gasteiger charge is 2.01. The predicted molar refractivity (Wildman–Crippen MR) is 54.9 cm³/mol. The summed E-state index contributed by atoms with van der Waals surface area (Å²) < 4.78 is 7.12. The quantitative estimate of drug-likeness (QED) is 0.722. The molecule has 0 N–H and O–H groups in total. The third-order valence-electron chi connectivity index (χ3n) is 2.19. The minimum atomic E-state index is 0.881. The van der Waals surface area contributed by atoms with Gasteiger partial charge in [0, 0.05) is 18.1 Å². The highest BCUT2D eigenvalue weighted by molar-refractivity contribution is 5.44. The smallest absolute Gasteiger partial charge is 0.119 e. The van der Waals surface area contributed by atoms with Crippen LogP contribution in [0.3, 0.4) is 0 Å². The number of ether oxygens (including phenoxy) is 1. The standard InChI is InChI=1S/C11H12N2O/c1-9-7-10(14-2)3-4-11(9)13-6-5-12-8-13/h3-8H,1-2H3. The maximum absolute atomic E-state index is 5.14. The SMILES string of the molecule is COc1ccc(-n2ccnc2)c(C)c1. The van der Waals surface area contributed by atoms with Gasteiger partial charge in [-0.05, 0) is 30.7 Å². The Morgan fingerprint density at radius 2 is 2.21 bits per heavy atom. The van der Waals surface area contributed by atoms with E-state index in [1.54, 1.807) is 19.6 Å². The molecular formula is C11H12N2O. The Labute approximate surface area is 83.0 Å². The van der Waals surface area contributed by atoms with Crippen molar-refractivity contribution in [2.45, 2.75) is 6.92 Å². The molecule has 1 aromatic heterocycles. The van der Waals surface area contributed by atoms with Gasteiger partial charge in [-0.1, -0.05) is 0 Å². The van der Waals surface area contributed by atoms with Crippen molar-refractivity contribution in [3.05, 3.63) is 42.5 Å². The Morgan fingerprint density at radius 1 is 1.36 bits per heavy atom. The van der Waals surface area contributed by atoms with Crippen LogP contribution in [0.15, 0.2) is 36.9 Å². The molecule has 0 atom stereocenters. The maximum atomic E-state index is 5.14. The van der Waals surface area contributed by atoms with Crippen LogP contribution in [0, 0.1) is 6.92 Å². The molecule has 1 heterocycles. The van der Waals surface area contributed by atoms with E-state index >= 15 is 0 Å². The van der Waals surface area contributed by atoms with Crippen LogP contribution in [0.5, 0.6) is 5.75 Å². The second-order valence-corrected chi connectivity index (χ2v) is 3.12. The first-order valence-electron chi connectivity index (χ1n) is 4.44. The van der Waals surface area contributed by atoms with Crippen LogP contribution in [0.25, 0.3) is 5.69 Å². The van der Waals surface area contributed by atoms with E-state index in [1.807, 2.05) is 29.0 Å². The summed E-state index contributed by atoms with van der Waals surface area (Å²) in [6.07, 6.45) is 5.48. The summed E-state index contributed by atoms with van der Waals surface area (Å²) in [7, 11) is 1.67. The molecule has 3 heteroatoms. The predicted octanol–water partition coefficient (Wildman–Crippen LogP) is 2.19. The van der Waals surface area contributed by atoms with Crippen LogP contribution in [-0.4, -0.2) is 16.7 Å². The molecule has 0 saturated carbocycles. The maximum Gasteiger partial charge on any atom is 0.119 e. The molecule has 0 spiro atoms. The second kappa shape index (κ2) is 3.54. The van der Waals surface area contributed by atoms with Crippen molar-refractivity contribution in [1.29, 1.82) is 0 Å². The molecule has 0 aliphatic rings. The van der Waals surface area contributed by atoms with Gasteiger partial charge in [-0.3, -0.25) is 0 Å². The Bertz CT molecular complexity index is 421. The number of hydrogen-bond acceptors (Lipinski definition) is 2. The van der Waals surface area contributed by atoms with Gasteiger partial charge in [-0.25, -0.2) is 4.98 Å². The molecule has 0 bridgehead atoms. The first-order valence-corrected chi connectivity index (χ1v) is 4.44. The van der Waals surface area contributed by atoms with Crippen LogP contribution in [0.1, 0.15) is 5.56 Å². The molecule has 0 aliphatic carbocycles. The molecule has 14 heavy (non-hydrogen) atoms. The third kappa shape index (κ3) is 1.48. The lowest BCUT2D eigenvalue weighted by Crippen LogP contribution is -1.94. The van der Waals surface area contributed by atoms with E-state index in [2.05, 4.69) is 11.9 Å². The number of methoxy groups -OCH3 is 1. The Hall–Kier alpha value is -1.77. The van der Waals surface area contributed by atoms with Crippen LogP contribution < -0.4 is 4.74 Å². The van der Waals surface area contributed by atoms with Crippen molar-refractivity contribution in [2.24, 2.45) is 0 Å². The highest BCUT2D eigenvalue weighted by atomic mass is 16.5. The highest BCUT2D eigenvalue weighted by Crippen LogP contribution is 2.19. The zero-order chi connectivity index (χ0) is 9.97. The van der Waals surface area contributed by atoms with Gasteiger partial charge < -0.3 is 9.30 Å². The molecule has 2 rings (SSSR count). The van der Waals surface area contributed by atoms with E-state index in [0.29, 0.717) is 0 Å². The van der Waals surface area contributed by atoms with Gasteiger partial charge in [-0.15, -0.1) is 0 Å². The number of aromatic nitrogens is 2. The Balaban J connectivity index is 2.46. The molecule has 1 aromatic carbocycles. The molecule has 0 saturated heterocycles. The molecule has 3 nitrogen and oxygen atoms in total. The monoisotopic (exact) mass is 188 g/mol. The summed E-state index contributed by atoms with van der Waals surface area (Å²) in [5, 5.41) is 0. The van der Waals surface area contributed by atoms with Crippen molar-refractivity contribution >= 4 is 0 Å². The fourth-order valence-corrected chi connectivity index (χ4v) is 1.45. The second-order valence-electron chi connectivity index (χ2n) is 3.12. The van der Waals surface area contributed by atoms with E-state index in [-0.39, 0.29) is 0 Å². The zero-order valence-corrected chi connectivity index (χ0v) is 8.27. The largest absolute Gasteiger partial charge is 0.497 e. The van der Waals surface area contributed by atoms with Gasteiger partial charge in [0.05, 0.1) is 13.4 Å². The minimum Gasteiger partial charge on any atom is -0.497 e. The average molecular weight is 188 g/mol. The van der Waals surface area contributed by atoms with Gasteiger partial charge in [0.15, 0.2) is 0 Å². The number of hydrogen-bond donors (Lipinski definition) is 0. The fraction of sp³-hybridized carbons (Fsp3) is 0.182. The lowest BCUT2D eigenvalue weighted by Gasteiger charge is -2.08. The molecule has 0 aliphatic heterocycles. The van der Waals surface area contributed by atoms with Crippen molar-refractivity contribution in [2.75, 3.05) is 7.11 Å².